The average Bonchev–Trinajstić information content (AvgIpc) is 2.15. The largest absolute Gasteiger partial charge is 0.403 e. The third kappa shape index (κ3) is 4.03. The molecule has 0 heterocycles. The van der Waals surface area contributed by atoms with Crippen molar-refractivity contribution in [2.24, 2.45) is 5.73 Å². The summed E-state index contributed by atoms with van der Waals surface area (Å²) in [5, 5.41) is 10.1. The topological polar surface area (TPSA) is 46.2 Å². The SMILES string of the molecule is N[C@@H](C[C@@H](O)c1ccc(Cl)cc1Cl)C(F)(F)F. The zero-order valence-electron chi connectivity index (χ0n) is 8.51. The molecule has 1 aromatic carbocycles. The summed E-state index contributed by atoms with van der Waals surface area (Å²) in [6, 6.07) is 2.06. The van der Waals surface area contributed by atoms with Crippen LogP contribution in [0.5, 0.6) is 0 Å². The van der Waals surface area contributed by atoms with Gasteiger partial charge in [-0.25, -0.2) is 0 Å². The van der Waals surface area contributed by atoms with Gasteiger partial charge in [-0.05, 0) is 17.7 Å². The lowest BCUT2D eigenvalue weighted by molar-refractivity contribution is -0.153. The molecular weight excluding hydrogens is 278 g/mol. The van der Waals surface area contributed by atoms with Crippen LogP contribution in [0.15, 0.2) is 18.2 Å². The number of rotatable bonds is 3. The monoisotopic (exact) mass is 287 g/mol. The minimum Gasteiger partial charge on any atom is -0.388 e. The van der Waals surface area contributed by atoms with Crippen molar-refractivity contribution in [3.8, 4) is 0 Å². The minimum absolute atomic E-state index is 0.111. The Morgan fingerprint density at radius 1 is 1.29 bits per heavy atom. The molecule has 0 aliphatic rings. The molecule has 0 aliphatic heterocycles. The summed E-state index contributed by atoms with van der Waals surface area (Å²) in [4.78, 5) is 0. The Hall–Kier alpha value is -0.490. The van der Waals surface area contributed by atoms with Crippen LogP contribution in [0.4, 0.5) is 13.2 Å². The maximum absolute atomic E-state index is 12.2. The second kappa shape index (κ2) is 5.44. The molecule has 1 aromatic rings. The van der Waals surface area contributed by atoms with Crippen molar-refractivity contribution >= 4 is 23.2 Å². The number of aliphatic hydroxyl groups excluding tert-OH is 1. The summed E-state index contributed by atoms with van der Waals surface area (Å²) in [6.45, 7) is 0. The zero-order chi connectivity index (χ0) is 13.2. The van der Waals surface area contributed by atoms with Crippen molar-refractivity contribution in [1.82, 2.24) is 0 Å². The van der Waals surface area contributed by atoms with Crippen LogP contribution < -0.4 is 5.73 Å². The second-order valence-corrected chi connectivity index (χ2v) is 4.41. The van der Waals surface area contributed by atoms with E-state index in [-0.39, 0.29) is 10.6 Å². The smallest absolute Gasteiger partial charge is 0.388 e. The number of aliphatic hydroxyl groups is 1. The third-order valence-corrected chi connectivity index (χ3v) is 2.78. The molecular formula is C10H10Cl2F3NO. The van der Waals surface area contributed by atoms with Crippen LogP contribution >= 0.6 is 23.2 Å². The first kappa shape index (κ1) is 14.6. The molecule has 0 spiro atoms. The van der Waals surface area contributed by atoms with E-state index in [2.05, 4.69) is 0 Å². The molecule has 2 atom stereocenters. The van der Waals surface area contributed by atoms with Gasteiger partial charge in [0, 0.05) is 16.5 Å². The molecule has 17 heavy (non-hydrogen) atoms. The highest BCUT2D eigenvalue weighted by atomic mass is 35.5. The maximum Gasteiger partial charge on any atom is 0.403 e. The van der Waals surface area contributed by atoms with Gasteiger partial charge in [0.15, 0.2) is 0 Å². The van der Waals surface area contributed by atoms with Gasteiger partial charge in [0.2, 0.25) is 0 Å². The molecule has 0 radical (unpaired) electrons. The van der Waals surface area contributed by atoms with Gasteiger partial charge in [-0.2, -0.15) is 13.2 Å². The minimum atomic E-state index is -4.54. The predicted octanol–water partition coefficient (Wildman–Crippen LogP) is 3.31. The maximum atomic E-state index is 12.2. The van der Waals surface area contributed by atoms with Crippen LogP contribution in [-0.2, 0) is 0 Å². The molecule has 0 unspecified atom stereocenters. The number of hydrogen-bond acceptors (Lipinski definition) is 2. The van der Waals surface area contributed by atoms with Crippen LogP contribution in [0.25, 0.3) is 0 Å². The Morgan fingerprint density at radius 3 is 2.35 bits per heavy atom. The molecule has 0 bridgehead atoms. The van der Waals surface area contributed by atoms with E-state index in [9.17, 15) is 18.3 Å². The summed E-state index contributed by atoms with van der Waals surface area (Å²) in [5.74, 6) is 0. The zero-order valence-corrected chi connectivity index (χ0v) is 10.0. The van der Waals surface area contributed by atoms with Crippen molar-refractivity contribution in [3.05, 3.63) is 33.8 Å². The molecule has 3 N–H and O–H groups in total. The van der Waals surface area contributed by atoms with Gasteiger partial charge >= 0.3 is 6.18 Å². The molecule has 7 heteroatoms. The Bertz CT molecular complexity index is 398. The Kier molecular flexibility index (Phi) is 4.66. The van der Waals surface area contributed by atoms with Gasteiger partial charge < -0.3 is 10.8 Å². The van der Waals surface area contributed by atoms with Gasteiger partial charge in [0.1, 0.15) is 6.04 Å². The quantitative estimate of drug-likeness (QED) is 0.896. The van der Waals surface area contributed by atoms with Gasteiger partial charge in [0.25, 0.3) is 0 Å². The second-order valence-electron chi connectivity index (χ2n) is 3.57. The van der Waals surface area contributed by atoms with E-state index < -0.39 is 24.7 Å². The molecule has 0 saturated carbocycles. The molecule has 0 saturated heterocycles. The Morgan fingerprint density at radius 2 is 1.88 bits per heavy atom. The third-order valence-electron chi connectivity index (χ3n) is 2.22. The summed E-state index contributed by atoms with van der Waals surface area (Å²) in [6.07, 6.45) is -6.57. The lowest BCUT2D eigenvalue weighted by Crippen LogP contribution is -2.38. The van der Waals surface area contributed by atoms with E-state index in [1.807, 2.05) is 0 Å². The van der Waals surface area contributed by atoms with Crippen LogP contribution in [-0.4, -0.2) is 17.3 Å². The summed E-state index contributed by atoms with van der Waals surface area (Å²) >= 11 is 11.4. The van der Waals surface area contributed by atoms with Crippen LogP contribution in [0.2, 0.25) is 10.0 Å². The lowest BCUT2D eigenvalue weighted by Gasteiger charge is -2.20. The molecule has 0 aromatic heterocycles. The lowest BCUT2D eigenvalue weighted by atomic mass is 10.0. The Balaban J connectivity index is 2.80. The van der Waals surface area contributed by atoms with Crippen molar-refractivity contribution in [3.63, 3.8) is 0 Å². The molecule has 0 fully saturated rings. The van der Waals surface area contributed by atoms with E-state index in [1.165, 1.54) is 18.2 Å². The van der Waals surface area contributed by atoms with Crippen molar-refractivity contribution in [2.75, 3.05) is 0 Å². The average molecular weight is 288 g/mol. The van der Waals surface area contributed by atoms with Gasteiger partial charge in [-0.1, -0.05) is 29.3 Å². The molecule has 2 nitrogen and oxygen atoms in total. The first-order chi connectivity index (χ1) is 7.71. The fourth-order valence-corrected chi connectivity index (χ4v) is 1.81. The number of alkyl halides is 3. The number of nitrogens with two attached hydrogens (primary N) is 1. The highest BCUT2D eigenvalue weighted by Crippen LogP contribution is 2.31. The van der Waals surface area contributed by atoms with E-state index in [0.717, 1.165) is 0 Å². The summed E-state index contributed by atoms with van der Waals surface area (Å²) in [7, 11) is 0. The number of benzene rings is 1. The fourth-order valence-electron chi connectivity index (χ4n) is 1.27. The standard InChI is InChI=1S/C10H10Cl2F3NO/c11-5-1-2-6(7(12)3-5)8(17)4-9(16)10(13,14)15/h1-3,8-9,17H,4,16H2/t8-,9+/m1/s1. The van der Waals surface area contributed by atoms with Crippen molar-refractivity contribution in [1.29, 1.82) is 0 Å². The van der Waals surface area contributed by atoms with Gasteiger partial charge in [-0.15, -0.1) is 0 Å². The molecule has 96 valence electrons. The first-order valence-corrected chi connectivity index (χ1v) is 5.42. The highest BCUT2D eigenvalue weighted by Gasteiger charge is 2.38. The Labute approximate surface area is 106 Å². The fraction of sp³-hybridized carbons (Fsp3) is 0.400. The predicted molar refractivity (Wildman–Crippen MR) is 60.1 cm³/mol. The van der Waals surface area contributed by atoms with Gasteiger partial charge in [-0.3, -0.25) is 0 Å². The summed E-state index contributed by atoms with van der Waals surface area (Å²) in [5.41, 5.74) is 5.09. The van der Waals surface area contributed by atoms with E-state index in [0.29, 0.717) is 5.02 Å². The van der Waals surface area contributed by atoms with Crippen molar-refractivity contribution in [2.45, 2.75) is 24.7 Å². The van der Waals surface area contributed by atoms with E-state index >= 15 is 0 Å². The van der Waals surface area contributed by atoms with Crippen LogP contribution in [0.3, 0.4) is 0 Å². The number of hydrogen-bond donors (Lipinski definition) is 2. The van der Waals surface area contributed by atoms with Crippen molar-refractivity contribution < 1.29 is 18.3 Å². The van der Waals surface area contributed by atoms with Crippen LogP contribution in [0, 0.1) is 0 Å². The first-order valence-electron chi connectivity index (χ1n) is 4.67. The number of halogens is 5. The molecule has 0 aliphatic carbocycles. The normalized spacial score (nSPS) is 15.7. The van der Waals surface area contributed by atoms with Crippen LogP contribution in [0.1, 0.15) is 18.1 Å². The summed E-state index contributed by atoms with van der Waals surface area (Å²) < 4.78 is 36.6. The highest BCUT2D eigenvalue weighted by molar-refractivity contribution is 6.35. The molecule has 1 rings (SSSR count). The van der Waals surface area contributed by atoms with E-state index in [1.54, 1.807) is 0 Å². The molecule has 0 amide bonds. The van der Waals surface area contributed by atoms with E-state index in [4.69, 9.17) is 28.9 Å². The van der Waals surface area contributed by atoms with Gasteiger partial charge in [0.05, 0.1) is 6.10 Å².